The van der Waals surface area contributed by atoms with Crippen LogP contribution in [0.15, 0.2) is 35.4 Å². The number of hydrogen-bond acceptors (Lipinski definition) is 3. The van der Waals surface area contributed by atoms with Gasteiger partial charge in [0.15, 0.2) is 0 Å². The minimum Gasteiger partial charge on any atom is -0.331 e. The van der Waals surface area contributed by atoms with Crippen molar-refractivity contribution >= 4 is 5.91 Å². The van der Waals surface area contributed by atoms with Crippen molar-refractivity contribution in [2.24, 2.45) is 0 Å². The molecule has 0 spiro atoms. The number of likely N-dealkylation sites (tertiary alicyclic amines) is 1. The average molecular weight is 309 g/mol. The van der Waals surface area contributed by atoms with Crippen LogP contribution in [0.3, 0.4) is 0 Å². The van der Waals surface area contributed by atoms with Crippen LogP contribution in [-0.2, 0) is 12.8 Å². The smallest absolute Gasteiger partial charge is 0.261 e. The largest absolute Gasteiger partial charge is 0.331 e. The molecule has 118 valence electrons. The van der Waals surface area contributed by atoms with Gasteiger partial charge in [-0.3, -0.25) is 14.6 Å². The maximum Gasteiger partial charge on any atom is 0.261 e. The van der Waals surface area contributed by atoms with E-state index in [2.05, 4.69) is 9.97 Å². The molecule has 0 unspecified atom stereocenters. The van der Waals surface area contributed by atoms with Crippen LogP contribution in [0.5, 0.6) is 0 Å². The number of aromatic amines is 1. The van der Waals surface area contributed by atoms with Crippen LogP contribution in [0.4, 0.5) is 0 Å². The predicted molar refractivity (Wildman–Crippen MR) is 86.3 cm³/mol. The molecule has 2 aromatic heterocycles. The molecule has 1 amide bonds. The number of pyridine rings is 2. The van der Waals surface area contributed by atoms with Crippen LogP contribution >= 0.6 is 0 Å². The Morgan fingerprint density at radius 2 is 2.04 bits per heavy atom. The van der Waals surface area contributed by atoms with Crippen molar-refractivity contribution in [3.05, 3.63) is 63.3 Å². The number of amides is 1. The number of nitrogens with zero attached hydrogens (tertiary/aromatic N) is 2. The van der Waals surface area contributed by atoms with Gasteiger partial charge in [-0.05, 0) is 61.4 Å². The number of rotatable bonds is 2. The first-order chi connectivity index (χ1) is 11.2. The fraction of sp³-hybridized carbons (Fsp3) is 0.389. The normalized spacial score (nSPS) is 19.8. The van der Waals surface area contributed by atoms with E-state index in [0.29, 0.717) is 6.54 Å². The van der Waals surface area contributed by atoms with Gasteiger partial charge < -0.3 is 9.88 Å². The highest BCUT2D eigenvalue weighted by Gasteiger charge is 2.32. The Bertz CT molecular complexity index is 798. The molecule has 3 heterocycles. The standard InChI is InChI=1S/C18H19N3O2/c22-17-14(11-13-3-1-4-15(13)20-17)18(23)21-10-2-5-16(21)12-6-8-19-9-7-12/h6-9,11,16H,1-5,10H2,(H,20,22)/t16-/m0/s1. The van der Waals surface area contributed by atoms with Gasteiger partial charge in [0.25, 0.3) is 11.5 Å². The third-order valence-corrected chi connectivity index (χ3v) is 4.92. The Morgan fingerprint density at radius 1 is 1.22 bits per heavy atom. The molecular weight excluding hydrogens is 290 g/mol. The van der Waals surface area contributed by atoms with Crippen molar-refractivity contribution in [1.29, 1.82) is 0 Å². The van der Waals surface area contributed by atoms with Gasteiger partial charge in [0.2, 0.25) is 0 Å². The lowest BCUT2D eigenvalue weighted by atomic mass is 10.1. The lowest BCUT2D eigenvalue weighted by Gasteiger charge is -2.25. The summed E-state index contributed by atoms with van der Waals surface area (Å²) in [5.74, 6) is -0.153. The summed E-state index contributed by atoms with van der Waals surface area (Å²) in [4.78, 5) is 34.0. The maximum atomic E-state index is 12.9. The number of H-pyrrole nitrogens is 1. The molecule has 2 aromatic rings. The first-order valence-electron chi connectivity index (χ1n) is 8.20. The Morgan fingerprint density at radius 3 is 2.87 bits per heavy atom. The van der Waals surface area contributed by atoms with Crippen LogP contribution in [0.1, 0.15) is 52.5 Å². The molecule has 0 bridgehead atoms. The lowest BCUT2D eigenvalue weighted by molar-refractivity contribution is 0.0733. The molecule has 2 aliphatic rings. The van der Waals surface area contributed by atoms with E-state index in [1.807, 2.05) is 23.1 Å². The first-order valence-corrected chi connectivity index (χ1v) is 8.20. The van der Waals surface area contributed by atoms with Crippen molar-refractivity contribution in [2.45, 2.75) is 38.1 Å². The van der Waals surface area contributed by atoms with Gasteiger partial charge in [-0.25, -0.2) is 0 Å². The van der Waals surface area contributed by atoms with Crippen LogP contribution in [0.25, 0.3) is 0 Å². The summed E-state index contributed by atoms with van der Waals surface area (Å²) in [6, 6.07) is 5.75. The zero-order valence-electron chi connectivity index (χ0n) is 12.9. The molecule has 0 radical (unpaired) electrons. The maximum absolute atomic E-state index is 12.9. The summed E-state index contributed by atoms with van der Waals surface area (Å²) >= 11 is 0. The number of nitrogens with one attached hydrogen (secondary N) is 1. The number of fused-ring (bicyclic) bond motifs is 1. The highest BCUT2D eigenvalue weighted by Crippen LogP contribution is 2.32. The van der Waals surface area contributed by atoms with Gasteiger partial charge in [0.1, 0.15) is 5.56 Å². The number of aryl methyl sites for hydroxylation is 2. The molecule has 1 atom stereocenters. The summed E-state index contributed by atoms with van der Waals surface area (Å²) in [6.07, 6.45) is 8.28. The molecule has 5 heteroatoms. The number of carbonyl (C=O) groups excluding carboxylic acids is 1. The van der Waals surface area contributed by atoms with E-state index >= 15 is 0 Å². The van der Waals surface area contributed by atoms with Gasteiger partial charge in [0, 0.05) is 24.6 Å². The van der Waals surface area contributed by atoms with E-state index in [1.165, 1.54) is 0 Å². The van der Waals surface area contributed by atoms with E-state index < -0.39 is 0 Å². The highest BCUT2D eigenvalue weighted by molar-refractivity contribution is 5.94. The van der Waals surface area contributed by atoms with Crippen molar-refractivity contribution in [3.63, 3.8) is 0 Å². The number of aromatic nitrogens is 2. The second-order valence-electron chi connectivity index (χ2n) is 6.31. The molecule has 0 saturated carbocycles. The van der Waals surface area contributed by atoms with Crippen molar-refractivity contribution in [2.75, 3.05) is 6.54 Å². The third-order valence-electron chi connectivity index (χ3n) is 4.92. The number of hydrogen-bond donors (Lipinski definition) is 1. The number of carbonyl (C=O) groups is 1. The minimum absolute atomic E-state index is 0.0400. The Balaban J connectivity index is 1.68. The second kappa shape index (κ2) is 5.65. The summed E-state index contributed by atoms with van der Waals surface area (Å²) in [5.41, 5.74) is 3.23. The van der Waals surface area contributed by atoms with E-state index in [0.717, 1.165) is 48.9 Å². The minimum atomic E-state index is -0.254. The highest BCUT2D eigenvalue weighted by atomic mass is 16.2. The van der Waals surface area contributed by atoms with E-state index in [9.17, 15) is 9.59 Å². The van der Waals surface area contributed by atoms with Gasteiger partial charge in [-0.1, -0.05) is 0 Å². The molecule has 1 saturated heterocycles. The van der Waals surface area contributed by atoms with E-state index in [-0.39, 0.29) is 23.1 Å². The van der Waals surface area contributed by atoms with Crippen LogP contribution in [0.2, 0.25) is 0 Å². The molecule has 1 aliphatic heterocycles. The summed E-state index contributed by atoms with van der Waals surface area (Å²) in [5, 5.41) is 0. The predicted octanol–water partition coefficient (Wildman–Crippen LogP) is 2.24. The van der Waals surface area contributed by atoms with Crippen molar-refractivity contribution < 1.29 is 4.79 Å². The molecule has 1 N–H and O–H groups in total. The molecule has 4 rings (SSSR count). The van der Waals surface area contributed by atoms with E-state index in [4.69, 9.17) is 0 Å². The quantitative estimate of drug-likeness (QED) is 0.925. The van der Waals surface area contributed by atoms with Crippen molar-refractivity contribution in [1.82, 2.24) is 14.9 Å². The molecular formula is C18H19N3O2. The van der Waals surface area contributed by atoms with Crippen LogP contribution in [0, 0.1) is 0 Å². The SMILES string of the molecule is O=C(c1cc2c([nH]c1=O)CCC2)N1CCC[C@H]1c1ccncc1. The van der Waals surface area contributed by atoms with Crippen LogP contribution in [-0.4, -0.2) is 27.3 Å². The van der Waals surface area contributed by atoms with Crippen molar-refractivity contribution in [3.8, 4) is 0 Å². The molecule has 1 fully saturated rings. The summed E-state index contributed by atoms with van der Waals surface area (Å²) in [7, 11) is 0. The summed E-state index contributed by atoms with van der Waals surface area (Å²) < 4.78 is 0. The monoisotopic (exact) mass is 309 g/mol. The first kappa shape index (κ1) is 14.2. The molecule has 5 nitrogen and oxygen atoms in total. The Labute approximate surface area is 134 Å². The Hall–Kier alpha value is -2.43. The van der Waals surface area contributed by atoms with Gasteiger partial charge >= 0.3 is 0 Å². The van der Waals surface area contributed by atoms with E-state index in [1.54, 1.807) is 12.4 Å². The zero-order chi connectivity index (χ0) is 15.8. The lowest BCUT2D eigenvalue weighted by Crippen LogP contribution is -2.34. The topological polar surface area (TPSA) is 66.1 Å². The fourth-order valence-electron chi connectivity index (χ4n) is 3.77. The zero-order valence-corrected chi connectivity index (χ0v) is 12.9. The molecule has 1 aliphatic carbocycles. The Kier molecular flexibility index (Phi) is 3.48. The second-order valence-corrected chi connectivity index (χ2v) is 6.31. The van der Waals surface area contributed by atoms with Gasteiger partial charge in [0.05, 0.1) is 6.04 Å². The van der Waals surface area contributed by atoms with Crippen LogP contribution < -0.4 is 5.56 Å². The molecule has 0 aromatic carbocycles. The van der Waals surface area contributed by atoms with Gasteiger partial charge in [-0.2, -0.15) is 0 Å². The van der Waals surface area contributed by atoms with Gasteiger partial charge in [-0.15, -0.1) is 0 Å². The summed E-state index contributed by atoms with van der Waals surface area (Å²) in [6.45, 7) is 0.697. The average Bonchev–Trinajstić information content (AvgIpc) is 3.23. The fourth-order valence-corrected chi connectivity index (χ4v) is 3.77. The molecule has 23 heavy (non-hydrogen) atoms. The third kappa shape index (κ3) is 2.46.